The van der Waals surface area contributed by atoms with E-state index in [1.165, 1.54) is 4.90 Å². The van der Waals surface area contributed by atoms with Crippen molar-refractivity contribution in [3.8, 4) is 11.5 Å². The molecule has 0 N–H and O–H groups in total. The number of hydrogen-bond donors (Lipinski definition) is 0. The molecule has 6 nitrogen and oxygen atoms in total. The zero-order chi connectivity index (χ0) is 21.1. The maximum absolute atomic E-state index is 13.4. The van der Waals surface area contributed by atoms with Gasteiger partial charge in [-0.05, 0) is 42.5 Å². The minimum Gasteiger partial charge on any atom is -0.493 e. The lowest BCUT2D eigenvalue weighted by Crippen LogP contribution is -2.36. The van der Waals surface area contributed by atoms with Gasteiger partial charge in [0, 0.05) is 19.6 Å². The highest BCUT2D eigenvalue weighted by atomic mass is 16.5. The Bertz CT molecular complexity index is 978. The summed E-state index contributed by atoms with van der Waals surface area (Å²) in [5, 5.41) is 0. The SMILES string of the molecule is COc1ccc(C2=C(N3CCCC3)C(=O)N(CCc3ccccc3)C2=O)cc1OC. The number of amides is 2. The first kappa shape index (κ1) is 20.0. The van der Waals surface area contributed by atoms with Gasteiger partial charge >= 0.3 is 0 Å². The van der Waals surface area contributed by atoms with Crippen molar-refractivity contribution in [2.75, 3.05) is 33.9 Å². The van der Waals surface area contributed by atoms with Crippen molar-refractivity contribution in [1.29, 1.82) is 0 Å². The highest BCUT2D eigenvalue weighted by molar-refractivity contribution is 6.35. The van der Waals surface area contributed by atoms with E-state index in [-0.39, 0.29) is 11.8 Å². The third-order valence-electron chi connectivity index (χ3n) is 5.70. The molecule has 2 heterocycles. The smallest absolute Gasteiger partial charge is 0.277 e. The van der Waals surface area contributed by atoms with Crippen molar-refractivity contribution in [2.45, 2.75) is 19.3 Å². The second-order valence-electron chi connectivity index (χ2n) is 7.49. The van der Waals surface area contributed by atoms with Gasteiger partial charge in [-0.2, -0.15) is 0 Å². The molecule has 156 valence electrons. The second kappa shape index (κ2) is 8.61. The molecule has 0 unspecified atom stereocenters. The van der Waals surface area contributed by atoms with Crippen molar-refractivity contribution >= 4 is 17.4 Å². The Kier molecular flexibility index (Phi) is 5.74. The molecule has 0 aliphatic carbocycles. The number of imide groups is 1. The van der Waals surface area contributed by atoms with Crippen LogP contribution < -0.4 is 9.47 Å². The molecule has 2 aliphatic rings. The number of carbonyl (C=O) groups is 2. The average Bonchev–Trinajstić information content (AvgIpc) is 3.39. The Labute approximate surface area is 176 Å². The van der Waals surface area contributed by atoms with Gasteiger partial charge < -0.3 is 14.4 Å². The fourth-order valence-corrected chi connectivity index (χ4v) is 4.14. The highest BCUT2D eigenvalue weighted by Crippen LogP contribution is 2.37. The van der Waals surface area contributed by atoms with Crippen LogP contribution in [0.25, 0.3) is 5.57 Å². The number of likely N-dealkylation sites (tertiary alicyclic amines) is 1. The summed E-state index contributed by atoms with van der Waals surface area (Å²) in [5.74, 6) is 0.668. The van der Waals surface area contributed by atoms with Crippen molar-refractivity contribution in [2.24, 2.45) is 0 Å². The lowest BCUT2D eigenvalue weighted by Gasteiger charge is -2.20. The standard InChI is InChI=1S/C24H26N2O4/c1-29-19-11-10-18(16-20(19)30-2)21-22(25-13-6-7-14-25)24(28)26(23(21)27)15-12-17-8-4-3-5-9-17/h3-5,8-11,16H,6-7,12-15H2,1-2H3. The van der Waals surface area contributed by atoms with Crippen molar-refractivity contribution in [3.05, 3.63) is 65.4 Å². The maximum Gasteiger partial charge on any atom is 0.277 e. The van der Waals surface area contributed by atoms with Crippen molar-refractivity contribution in [3.63, 3.8) is 0 Å². The molecule has 0 aromatic heterocycles. The molecular weight excluding hydrogens is 380 g/mol. The monoisotopic (exact) mass is 406 g/mol. The van der Waals surface area contributed by atoms with E-state index in [0.29, 0.717) is 41.3 Å². The summed E-state index contributed by atoms with van der Waals surface area (Å²) in [4.78, 5) is 30.2. The highest BCUT2D eigenvalue weighted by Gasteiger charge is 2.42. The number of ether oxygens (including phenoxy) is 2. The molecule has 2 aromatic rings. The third kappa shape index (κ3) is 3.65. The van der Waals surface area contributed by atoms with Crippen LogP contribution in [0.2, 0.25) is 0 Å². The molecule has 0 saturated carbocycles. The molecule has 2 aliphatic heterocycles. The lowest BCUT2D eigenvalue weighted by molar-refractivity contribution is -0.137. The zero-order valence-electron chi connectivity index (χ0n) is 17.4. The van der Waals surface area contributed by atoms with Gasteiger partial charge in [0.25, 0.3) is 11.8 Å². The number of hydrogen-bond acceptors (Lipinski definition) is 5. The molecular formula is C24H26N2O4. The van der Waals surface area contributed by atoms with Crippen LogP contribution in [0.5, 0.6) is 11.5 Å². The summed E-state index contributed by atoms with van der Waals surface area (Å²) in [6.07, 6.45) is 2.67. The van der Waals surface area contributed by atoms with E-state index < -0.39 is 0 Å². The molecule has 2 amide bonds. The number of carbonyl (C=O) groups excluding carboxylic acids is 2. The van der Waals surface area contributed by atoms with E-state index in [4.69, 9.17) is 9.47 Å². The van der Waals surface area contributed by atoms with Crippen molar-refractivity contribution in [1.82, 2.24) is 9.80 Å². The summed E-state index contributed by atoms with van der Waals surface area (Å²) in [6, 6.07) is 15.3. The lowest BCUT2D eigenvalue weighted by atomic mass is 10.0. The van der Waals surface area contributed by atoms with Crippen LogP contribution in [-0.2, 0) is 16.0 Å². The molecule has 1 fully saturated rings. The topological polar surface area (TPSA) is 59.1 Å². The van der Waals surface area contributed by atoms with E-state index in [9.17, 15) is 9.59 Å². The average molecular weight is 406 g/mol. The molecule has 1 saturated heterocycles. The Morgan fingerprint density at radius 3 is 2.23 bits per heavy atom. The summed E-state index contributed by atoms with van der Waals surface area (Å²) in [5.41, 5.74) is 2.74. The van der Waals surface area contributed by atoms with E-state index in [2.05, 4.69) is 4.90 Å². The predicted octanol–water partition coefficient (Wildman–Crippen LogP) is 3.12. The van der Waals surface area contributed by atoms with Crippen LogP contribution in [0.3, 0.4) is 0 Å². The molecule has 0 radical (unpaired) electrons. The second-order valence-corrected chi connectivity index (χ2v) is 7.49. The van der Waals surface area contributed by atoms with Gasteiger partial charge in [0.2, 0.25) is 0 Å². The molecule has 4 rings (SSSR count). The Morgan fingerprint density at radius 1 is 0.867 bits per heavy atom. The van der Waals surface area contributed by atoms with E-state index in [1.807, 2.05) is 36.4 Å². The third-order valence-corrected chi connectivity index (χ3v) is 5.70. The Morgan fingerprint density at radius 2 is 1.57 bits per heavy atom. The van der Waals surface area contributed by atoms with Gasteiger partial charge in [-0.3, -0.25) is 14.5 Å². The predicted molar refractivity (Wildman–Crippen MR) is 114 cm³/mol. The summed E-state index contributed by atoms with van der Waals surface area (Å²) in [7, 11) is 3.13. The fourth-order valence-electron chi connectivity index (χ4n) is 4.14. The molecule has 0 atom stereocenters. The number of nitrogens with zero attached hydrogens (tertiary/aromatic N) is 2. The van der Waals surface area contributed by atoms with Gasteiger partial charge in [-0.1, -0.05) is 36.4 Å². The first-order valence-corrected chi connectivity index (χ1v) is 10.3. The maximum atomic E-state index is 13.4. The summed E-state index contributed by atoms with van der Waals surface area (Å²) in [6.45, 7) is 1.94. The molecule has 0 bridgehead atoms. The van der Waals surface area contributed by atoms with Crippen LogP contribution in [0.15, 0.2) is 54.2 Å². The van der Waals surface area contributed by atoms with Gasteiger partial charge in [0.1, 0.15) is 5.70 Å². The van der Waals surface area contributed by atoms with Gasteiger partial charge in [0.05, 0.1) is 19.8 Å². The normalized spacial score (nSPS) is 16.6. The number of methoxy groups -OCH3 is 2. The van der Waals surface area contributed by atoms with Crippen LogP contribution in [0.4, 0.5) is 0 Å². The quantitative estimate of drug-likeness (QED) is 0.662. The number of benzene rings is 2. The molecule has 6 heteroatoms. The van der Waals surface area contributed by atoms with Crippen LogP contribution >= 0.6 is 0 Å². The van der Waals surface area contributed by atoms with Crippen LogP contribution in [0, 0.1) is 0 Å². The van der Waals surface area contributed by atoms with E-state index in [1.54, 1.807) is 26.4 Å². The molecule has 0 spiro atoms. The van der Waals surface area contributed by atoms with E-state index in [0.717, 1.165) is 31.5 Å². The van der Waals surface area contributed by atoms with Gasteiger partial charge in [-0.15, -0.1) is 0 Å². The minimum absolute atomic E-state index is 0.206. The van der Waals surface area contributed by atoms with E-state index >= 15 is 0 Å². The van der Waals surface area contributed by atoms with Crippen LogP contribution in [0.1, 0.15) is 24.0 Å². The molecule has 2 aromatic carbocycles. The fraction of sp³-hybridized carbons (Fsp3) is 0.333. The minimum atomic E-state index is -0.245. The van der Waals surface area contributed by atoms with Gasteiger partial charge in [-0.25, -0.2) is 0 Å². The first-order valence-electron chi connectivity index (χ1n) is 10.3. The van der Waals surface area contributed by atoms with Crippen molar-refractivity contribution < 1.29 is 19.1 Å². The van der Waals surface area contributed by atoms with Crippen LogP contribution in [-0.4, -0.2) is 55.5 Å². The Balaban J connectivity index is 1.69. The summed E-state index contributed by atoms with van der Waals surface area (Å²) >= 11 is 0. The summed E-state index contributed by atoms with van der Waals surface area (Å²) < 4.78 is 10.7. The zero-order valence-corrected chi connectivity index (χ0v) is 17.4. The Hall–Kier alpha value is -3.28. The largest absolute Gasteiger partial charge is 0.493 e. The first-order chi connectivity index (χ1) is 14.6. The number of rotatable bonds is 7. The van der Waals surface area contributed by atoms with Gasteiger partial charge in [0.15, 0.2) is 11.5 Å². The molecule has 30 heavy (non-hydrogen) atoms.